The zero-order chi connectivity index (χ0) is 16.0. The Balaban J connectivity index is 2.48. The van der Waals surface area contributed by atoms with E-state index in [0.717, 1.165) is 0 Å². The van der Waals surface area contributed by atoms with Crippen molar-refractivity contribution in [3.8, 4) is 0 Å². The minimum atomic E-state index is -3.61. The number of benzene rings is 1. The van der Waals surface area contributed by atoms with E-state index in [9.17, 15) is 13.2 Å². The fourth-order valence-electron chi connectivity index (χ4n) is 2.21. The lowest BCUT2D eigenvalue weighted by molar-refractivity contribution is 0.311. The maximum atomic E-state index is 12.5. The molecule has 0 atom stereocenters. The molecule has 7 heteroatoms. The van der Waals surface area contributed by atoms with Gasteiger partial charge in [0.1, 0.15) is 0 Å². The molecule has 2 aromatic rings. The Morgan fingerprint density at radius 3 is 2.48 bits per heavy atom. The van der Waals surface area contributed by atoms with Crippen molar-refractivity contribution in [2.24, 2.45) is 12.5 Å². The normalized spacial score (nSPS) is 13.2. The molecule has 1 aromatic heterocycles. The van der Waals surface area contributed by atoms with Gasteiger partial charge in [0.15, 0.2) is 5.58 Å². The Hall–Kier alpha value is -1.60. The van der Waals surface area contributed by atoms with Crippen molar-refractivity contribution in [3.05, 3.63) is 28.7 Å². The summed E-state index contributed by atoms with van der Waals surface area (Å²) >= 11 is 0. The van der Waals surface area contributed by atoms with Crippen LogP contribution in [0.3, 0.4) is 0 Å². The highest BCUT2D eigenvalue weighted by atomic mass is 32.2. The number of fused-ring (bicyclic) bond motifs is 1. The van der Waals surface area contributed by atoms with Crippen molar-refractivity contribution in [1.82, 2.24) is 8.87 Å². The van der Waals surface area contributed by atoms with Crippen LogP contribution < -0.4 is 5.76 Å². The van der Waals surface area contributed by atoms with E-state index >= 15 is 0 Å². The van der Waals surface area contributed by atoms with Crippen molar-refractivity contribution in [3.63, 3.8) is 0 Å². The van der Waals surface area contributed by atoms with E-state index in [1.165, 1.54) is 21.0 Å². The summed E-state index contributed by atoms with van der Waals surface area (Å²) in [4.78, 5) is 11.6. The number of aromatic nitrogens is 1. The molecule has 116 valence electrons. The Labute approximate surface area is 124 Å². The predicted octanol–water partition coefficient (Wildman–Crippen LogP) is 1.80. The Bertz CT molecular complexity index is 825. The van der Waals surface area contributed by atoms with Crippen molar-refractivity contribution < 1.29 is 12.8 Å². The number of hydrogen-bond donors (Lipinski definition) is 0. The van der Waals surface area contributed by atoms with Gasteiger partial charge >= 0.3 is 5.76 Å². The Morgan fingerprint density at radius 1 is 1.29 bits per heavy atom. The lowest BCUT2D eigenvalue weighted by Crippen LogP contribution is -2.34. The highest BCUT2D eigenvalue weighted by Gasteiger charge is 2.26. The first-order valence-electron chi connectivity index (χ1n) is 6.58. The van der Waals surface area contributed by atoms with Crippen molar-refractivity contribution >= 4 is 21.1 Å². The minimum absolute atomic E-state index is 0.121. The third-order valence-corrected chi connectivity index (χ3v) is 4.97. The molecule has 0 aliphatic carbocycles. The number of hydrogen-bond acceptors (Lipinski definition) is 4. The maximum Gasteiger partial charge on any atom is 0.419 e. The molecule has 0 aliphatic rings. The first-order valence-corrected chi connectivity index (χ1v) is 8.02. The lowest BCUT2D eigenvalue weighted by Gasteiger charge is -2.26. The second kappa shape index (κ2) is 4.99. The van der Waals surface area contributed by atoms with E-state index < -0.39 is 15.8 Å². The van der Waals surface area contributed by atoms with Crippen LogP contribution in [0.5, 0.6) is 0 Å². The molecule has 1 heterocycles. The smallest absolute Gasteiger partial charge is 0.408 e. The summed E-state index contributed by atoms with van der Waals surface area (Å²) in [6.07, 6.45) is 0. The maximum absolute atomic E-state index is 12.5. The fourth-order valence-corrected chi connectivity index (χ4v) is 3.62. The van der Waals surface area contributed by atoms with Crippen LogP contribution in [0.4, 0.5) is 0 Å². The standard InChI is InChI=1S/C14H20N2O4S/c1-14(2,3)9-15(4)21(18,19)10-6-7-11-12(8-10)20-13(17)16(11)5/h6-8H,9H2,1-5H3. The molecule has 0 amide bonds. The molecule has 0 spiro atoms. The summed E-state index contributed by atoms with van der Waals surface area (Å²) in [5, 5.41) is 0. The molecule has 0 unspecified atom stereocenters. The van der Waals surface area contributed by atoms with Gasteiger partial charge in [-0.25, -0.2) is 17.5 Å². The summed E-state index contributed by atoms with van der Waals surface area (Å²) in [7, 11) is -0.480. The minimum Gasteiger partial charge on any atom is -0.408 e. The molecule has 21 heavy (non-hydrogen) atoms. The summed E-state index contributed by atoms with van der Waals surface area (Å²) in [6, 6.07) is 4.47. The van der Waals surface area contributed by atoms with Crippen molar-refractivity contribution in [1.29, 1.82) is 0 Å². The summed E-state index contributed by atoms with van der Waals surface area (Å²) < 4.78 is 32.8. The number of sulfonamides is 1. The first-order chi connectivity index (χ1) is 9.52. The number of nitrogens with zero attached hydrogens (tertiary/aromatic N) is 2. The quantitative estimate of drug-likeness (QED) is 0.866. The van der Waals surface area contributed by atoms with Crippen LogP contribution in [0, 0.1) is 5.41 Å². The van der Waals surface area contributed by atoms with Crippen LogP contribution in [-0.4, -0.2) is 30.9 Å². The Morgan fingerprint density at radius 2 is 1.90 bits per heavy atom. The van der Waals surface area contributed by atoms with Gasteiger partial charge in [0.2, 0.25) is 10.0 Å². The van der Waals surface area contributed by atoms with Gasteiger partial charge in [0.25, 0.3) is 0 Å². The largest absolute Gasteiger partial charge is 0.419 e. The summed E-state index contributed by atoms with van der Waals surface area (Å²) in [5.41, 5.74) is 0.691. The van der Waals surface area contributed by atoms with Gasteiger partial charge in [-0.1, -0.05) is 20.8 Å². The second-order valence-electron chi connectivity index (χ2n) is 6.38. The van der Waals surface area contributed by atoms with E-state index in [1.54, 1.807) is 20.2 Å². The van der Waals surface area contributed by atoms with Gasteiger partial charge in [-0.15, -0.1) is 0 Å². The van der Waals surface area contributed by atoms with Crippen LogP contribution in [0.15, 0.2) is 32.3 Å². The molecule has 0 bridgehead atoms. The SMILES string of the molecule is CN(CC(C)(C)C)S(=O)(=O)c1ccc2c(c1)oc(=O)n2C. The fraction of sp³-hybridized carbons (Fsp3) is 0.500. The van der Waals surface area contributed by atoms with Gasteiger partial charge in [-0.05, 0) is 17.5 Å². The molecule has 1 aromatic carbocycles. The lowest BCUT2D eigenvalue weighted by atomic mass is 9.97. The molecule has 0 radical (unpaired) electrons. The van der Waals surface area contributed by atoms with Gasteiger partial charge < -0.3 is 4.42 Å². The summed E-state index contributed by atoms with van der Waals surface area (Å²) in [5.74, 6) is -0.511. The van der Waals surface area contributed by atoms with Crippen LogP contribution in [-0.2, 0) is 17.1 Å². The van der Waals surface area contributed by atoms with E-state index in [1.807, 2.05) is 20.8 Å². The molecule has 0 saturated heterocycles. The monoisotopic (exact) mass is 312 g/mol. The van der Waals surface area contributed by atoms with Gasteiger partial charge in [0, 0.05) is 26.7 Å². The molecule has 0 aliphatic heterocycles. The average molecular weight is 312 g/mol. The molecule has 0 fully saturated rings. The number of rotatable bonds is 3. The molecule has 0 saturated carbocycles. The van der Waals surface area contributed by atoms with Crippen LogP contribution >= 0.6 is 0 Å². The van der Waals surface area contributed by atoms with Crippen molar-refractivity contribution in [2.45, 2.75) is 25.7 Å². The van der Waals surface area contributed by atoms with E-state index in [-0.39, 0.29) is 15.9 Å². The second-order valence-corrected chi connectivity index (χ2v) is 8.42. The van der Waals surface area contributed by atoms with Crippen molar-refractivity contribution in [2.75, 3.05) is 13.6 Å². The van der Waals surface area contributed by atoms with E-state index in [4.69, 9.17) is 4.42 Å². The van der Waals surface area contributed by atoms with E-state index in [0.29, 0.717) is 12.1 Å². The zero-order valence-corrected chi connectivity index (χ0v) is 13.7. The number of oxazole rings is 1. The van der Waals surface area contributed by atoms with Gasteiger partial charge in [-0.3, -0.25) is 4.57 Å². The first kappa shape index (κ1) is 15.8. The van der Waals surface area contributed by atoms with E-state index in [2.05, 4.69) is 0 Å². The van der Waals surface area contributed by atoms with Crippen LogP contribution in [0.1, 0.15) is 20.8 Å². The topological polar surface area (TPSA) is 72.5 Å². The van der Waals surface area contributed by atoms with Gasteiger partial charge in [-0.2, -0.15) is 0 Å². The number of aryl methyl sites for hydroxylation is 1. The third-order valence-electron chi connectivity index (χ3n) is 3.17. The average Bonchev–Trinajstić information content (AvgIpc) is 2.62. The zero-order valence-electron chi connectivity index (χ0n) is 12.9. The van der Waals surface area contributed by atoms with Gasteiger partial charge in [0.05, 0.1) is 10.4 Å². The Kier molecular flexibility index (Phi) is 3.75. The summed E-state index contributed by atoms with van der Waals surface area (Å²) in [6.45, 7) is 6.31. The third kappa shape index (κ3) is 3.03. The van der Waals surface area contributed by atoms with Crippen LogP contribution in [0.25, 0.3) is 11.1 Å². The molecular weight excluding hydrogens is 292 g/mol. The molecular formula is C14H20N2O4S. The predicted molar refractivity (Wildman–Crippen MR) is 80.7 cm³/mol. The highest BCUT2D eigenvalue weighted by molar-refractivity contribution is 7.89. The highest BCUT2D eigenvalue weighted by Crippen LogP contribution is 2.23. The van der Waals surface area contributed by atoms with Crippen LogP contribution in [0.2, 0.25) is 0 Å². The molecule has 6 nitrogen and oxygen atoms in total. The molecule has 2 rings (SSSR count). The molecule has 0 N–H and O–H groups in total.